The van der Waals surface area contributed by atoms with Crippen molar-refractivity contribution < 1.29 is 0 Å². The summed E-state index contributed by atoms with van der Waals surface area (Å²) in [5.74, 6) is 2.94. The van der Waals surface area contributed by atoms with Crippen molar-refractivity contribution in [3.63, 3.8) is 0 Å². The lowest BCUT2D eigenvalue weighted by atomic mass is 10.0. The fraction of sp³-hybridized carbons (Fsp3) is 0.833. The summed E-state index contributed by atoms with van der Waals surface area (Å²) in [6.07, 6.45) is 3.89. The highest BCUT2D eigenvalue weighted by atomic mass is 15.4. The second-order valence-corrected chi connectivity index (χ2v) is 4.81. The lowest BCUT2D eigenvalue weighted by Crippen LogP contribution is -2.27. The van der Waals surface area contributed by atoms with Gasteiger partial charge in [0.05, 0.1) is 0 Å². The van der Waals surface area contributed by atoms with Crippen LogP contribution in [0.4, 0.5) is 5.95 Å². The Kier molecular flexibility index (Phi) is 3.46. The lowest BCUT2D eigenvalue weighted by molar-refractivity contribution is 0.520. The smallest absolute Gasteiger partial charge is 0.227 e. The molecule has 1 unspecified atom stereocenters. The molecule has 0 bridgehead atoms. The predicted molar refractivity (Wildman–Crippen MR) is 65.7 cm³/mol. The summed E-state index contributed by atoms with van der Waals surface area (Å²) in [6.45, 7) is 9.74. The summed E-state index contributed by atoms with van der Waals surface area (Å²) in [5.41, 5.74) is 0. The number of aromatic nitrogens is 3. The molecule has 4 nitrogen and oxygen atoms in total. The topological polar surface area (TPSA) is 34.0 Å². The van der Waals surface area contributed by atoms with E-state index in [9.17, 15) is 0 Å². The quantitative estimate of drug-likeness (QED) is 0.769. The Morgan fingerprint density at radius 3 is 2.81 bits per heavy atom. The molecule has 2 rings (SSSR count). The third kappa shape index (κ3) is 2.20. The van der Waals surface area contributed by atoms with Gasteiger partial charge < -0.3 is 4.90 Å². The second kappa shape index (κ2) is 4.85. The van der Waals surface area contributed by atoms with E-state index in [1.165, 1.54) is 19.3 Å². The van der Waals surface area contributed by atoms with Gasteiger partial charge in [0.1, 0.15) is 5.82 Å². The number of rotatable bonds is 2. The molecule has 90 valence electrons. The van der Waals surface area contributed by atoms with Crippen LogP contribution in [0, 0.1) is 12.8 Å². The van der Waals surface area contributed by atoms with Crippen molar-refractivity contribution in [1.29, 1.82) is 0 Å². The molecule has 4 heteroatoms. The highest BCUT2D eigenvalue weighted by molar-refractivity contribution is 5.31. The van der Waals surface area contributed by atoms with Crippen LogP contribution in [-0.2, 0) is 6.54 Å². The highest BCUT2D eigenvalue weighted by Crippen LogP contribution is 2.21. The Hall–Kier alpha value is -1.06. The van der Waals surface area contributed by atoms with E-state index in [0.29, 0.717) is 0 Å². The first-order valence-electron chi connectivity index (χ1n) is 6.37. The Bertz CT molecular complexity index is 345. The lowest BCUT2D eigenvalue weighted by Gasteiger charge is -2.21. The third-order valence-corrected chi connectivity index (χ3v) is 3.53. The second-order valence-electron chi connectivity index (χ2n) is 4.81. The minimum absolute atomic E-state index is 0.851. The molecule has 0 saturated carbocycles. The van der Waals surface area contributed by atoms with E-state index >= 15 is 0 Å². The van der Waals surface area contributed by atoms with Gasteiger partial charge in [0.15, 0.2) is 0 Å². The standard InChI is InChI=1S/C12H22N4/c1-4-16-11(3)13-14-12(16)15-8-5-6-10(2)7-9-15/h10H,4-9H2,1-3H3. The van der Waals surface area contributed by atoms with Crippen molar-refractivity contribution in [2.75, 3.05) is 18.0 Å². The van der Waals surface area contributed by atoms with Crippen LogP contribution in [0.5, 0.6) is 0 Å². The minimum Gasteiger partial charge on any atom is -0.341 e. The zero-order chi connectivity index (χ0) is 11.5. The van der Waals surface area contributed by atoms with Gasteiger partial charge in [0.25, 0.3) is 0 Å². The number of hydrogen-bond donors (Lipinski definition) is 0. The van der Waals surface area contributed by atoms with Gasteiger partial charge in [0.2, 0.25) is 5.95 Å². The normalized spacial score (nSPS) is 22.2. The van der Waals surface area contributed by atoms with Gasteiger partial charge in [-0.2, -0.15) is 0 Å². The van der Waals surface area contributed by atoms with Gasteiger partial charge in [-0.1, -0.05) is 6.92 Å². The molecule has 1 aromatic heterocycles. The van der Waals surface area contributed by atoms with Crippen molar-refractivity contribution in [3.05, 3.63) is 5.82 Å². The van der Waals surface area contributed by atoms with Crippen LogP contribution < -0.4 is 4.90 Å². The maximum Gasteiger partial charge on any atom is 0.227 e. The van der Waals surface area contributed by atoms with E-state index in [0.717, 1.165) is 37.3 Å². The van der Waals surface area contributed by atoms with E-state index in [4.69, 9.17) is 0 Å². The van der Waals surface area contributed by atoms with E-state index in [1.807, 2.05) is 6.92 Å². The van der Waals surface area contributed by atoms with Gasteiger partial charge in [-0.15, -0.1) is 10.2 Å². The number of aryl methyl sites for hydroxylation is 1. The fourth-order valence-electron chi connectivity index (χ4n) is 2.44. The zero-order valence-corrected chi connectivity index (χ0v) is 10.6. The molecule has 1 aromatic rings. The molecule has 0 radical (unpaired) electrons. The Morgan fingerprint density at radius 2 is 2.06 bits per heavy atom. The van der Waals surface area contributed by atoms with Crippen LogP contribution >= 0.6 is 0 Å². The maximum atomic E-state index is 4.32. The molecule has 0 aromatic carbocycles. The average molecular weight is 222 g/mol. The van der Waals surface area contributed by atoms with Crippen molar-refractivity contribution in [2.45, 2.75) is 46.6 Å². The molecular weight excluding hydrogens is 200 g/mol. The maximum absolute atomic E-state index is 4.32. The molecule has 16 heavy (non-hydrogen) atoms. The van der Waals surface area contributed by atoms with Crippen LogP contribution in [0.15, 0.2) is 0 Å². The predicted octanol–water partition coefficient (Wildman–Crippen LogP) is 2.23. The first-order chi connectivity index (χ1) is 7.72. The largest absolute Gasteiger partial charge is 0.341 e. The van der Waals surface area contributed by atoms with E-state index in [-0.39, 0.29) is 0 Å². The molecule has 1 saturated heterocycles. The SMILES string of the molecule is CCn1c(C)nnc1N1CCCC(C)CC1. The van der Waals surface area contributed by atoms with Crippen LogP contribution in [-0.4, -0.2) is 27.9 Å². The first kappa shape index (κ1) is 11.4. The number of hydrogen-bond acceptors (Lipinski definition) is 3. The van der Waals surface area contributed by atoms with Gasteiger partial charge in [-0.05, 0) is 39.0 Å². The minimum atomic E-state index is 0.851. The average Bonchev–Trinajstić information content (AvgIpc) is 2.50. The van der Waals surface area contributed by atoms with Crippen LogP contribution in [0.3, 0.4) is 0 Å². The summed E-state index contributed by atoms with van der Waals surface area (Å²) in [6, 6.07) is 0. The molecule has 0 spiro atoms. The van der Waals surface area contributed by atoms with Gasteiger partial charge >= 0.3 is 0 Å². The van der Waals surface area contributed by atoms with Gasteiger partial charge in [-0.3, -0.25) is 4.57 Å². The summed E-state index contributed by atoms with van der Waals surface area (Å²) >= 11 is 0. The summed E-state index contributed by atoms with van der Waals surface area (Å²) in [5, 5.41) is 8.50. The van der Waals surface area contributed by atoms with Crippen molar-refractivity contribution in [1.82, 2.24) is 14.8 Å². The summed E-state index contributed by atoms with van der Waals surface area (Å²) < 4.78 is 2.20. The third-order valence-electron chi connectivity index (χ3n) is 3.53. The highest BCUT2D eigenvalue weighted by Gasteiger charge is 2.18. The summed E-state index contributed by atoms with van der Waals surface area (Å²) in [7, 11) is 0. The van der Waals surface area contributed by atoms with E-state index in [1.54, 1.807) is 0 Å². The molecule has 1 atom stereocenters. The molecule has 1 fully saturated rings. The molecule has 1 aliphatic rings. The molecule has 0 aliphatic carbocycles. The number of nitrogens with zero attached hydrogens (tertiary/aromatic N) is 4. The molecule has 2 heterocycles. The number of anilines is 1. The Morgan fingerprint density at radius 1 is 1.25 bits per heavy atom. The first-order valence-corrected chi connectivity index (χ1v) is 6.37. The van der Waals surface area contributed by atoms with Crippen molar-refractivity contribution in [3.8, 4) is 0 Å². The molecule has 1 aliphatic heterocycles. The van der Waals surface area contributed by atoms with E-state index in [2.05, 4.69) is 33.5 Å². The van der Waals surface area contributed by atoms with Crippen molar-refractivity contribution >= 4 is 5.95 Å². The van der Waals surface area contributed by atoms with Crippen molar-refractivity contribution in [2.24, 2.45) is 5.92 Å². The Balaban J connectivity index is 2.16. The zero-order valence-electron chi connectivity index (χ0n) is 10.6. The van der Waals surface area contributed by atoms with E-state index < -0.39 is 0 Å². The van der Waals surface area contributed by atoms with Gasteiger partial charge in [-0.25, -0.2) is 0 Å². The van der Waals surface area contributed by atoms with Gasteiger partial charge in [0, 0.05) is 19.6 Å². The molecule has 0 N–H and O–H groups in total. The fourth-order valence-corrected chi connectivity index (χ4v) is 2.44. The summed E-state index contributed by atoms with van der Waals surface area (Å²) in [4.78, 5) is 2.40. The molecular formula is C12H22N4. The van der Waals surface area contributed by atoms with Crippen LogP contribution in [0.2, 0.25) is 0 Å². The monoisotopic (exact) mass is 222 g/mol. The Labute approximate surface area is 97.7 Å². The van der Waals surface area contributed by atoms with Crippen LogP contribution in [0.25, 0.3) is 0 Å². The molecule has 0 amide bonds. The van der Waals surface area contributed by atoms with Crippen LogP contribution in [0.1, 0.15) is 38.9 Å².